The highest BCUT2D eigenvalue weighted by atomic mass is 15.2. The van der Waals surface area contributed by atoms with Crippen LogP contribution in [-0.4, -0.2) is 18.4 Å². The van der Waals surface area contributed by atoms with Crippen molar-refractivity contribution in [1.82, 2.24) is 4.98 Å². The number of para-hydroxylation sites is 10. The zero-order valence-corrected chi connectivity index (χ0v) is 50.2. The molecule has 0 N–H and O–H groups in total. The zero-order chi connectivity index (χ0) is 60.6. The molecule has 9 heteroatoms. The largest absolute Gasteiger partial charge is 0.311 e. The van der Waals surface area contributed by atoms with Gasteiger partial charge in [0.1, 0.15) is 0 Å². The van der Waals surface area contributed by atoms with Crippen LogP contribution in [0.25, 0.3) is 11.3 Å². The fraction of sp³-hybridized carbons (Fsp3) is 0. The highest BCUT2D eigenvalue weighted by molar-refractivity contribution is 7.03. The van der Waals surface area contributed by atoms with Crippen molar-refractivity contribution < 1.29 is 0 Å². The van der Waals surface area contributed by atoms with E-state index in [9.17, 15) is 0 Å². The number of hydrogen-bond donors (Lipinski definition) is 0. The van der Waals surface area contributed by atoms with Gasteiger partial charge in [-0.25, -0.2) is 0 Å². The van der Waals surface area contributed by atoms with Crippen molar-refractivity contribution in [3.63, 3.8) is 0 Å². The summed E-state index contributed by atoms with van der Waals surface area (Å²) in [4.78, 5) is 20.1. The summed E-state index contributed by atoms with van der Waals surface area (Å²) in [5, 5.41) is 0. The minimum Gasteiger partial charge on any atom is -0.311 e. The minimum atomic E-state index is -0.205. The second-order valence-corrected chi connectivity index (χ2v) is 23.8. The van der Waals surface area contributed by atoms with Crippen molar-refractivity contribution >= 4 is 149 Å². The molecule has 7 nitrogen and oxygen atoms in total. The lowest BCUT2D eigenvalue weighted by atomic mass is 9.30. The molecule has 1 aromatic heterocycles. The molecule has 0 unspecified atom stereocenters. The molecule has 430 valence electrons. The zero-order valence-electron chi connectivity index (χ0n) is 50.2. The van der Waals surface area contributed by atoms with E-state index in [2.05, 4.69) is 363 Å². The molecule has 0 radical (unpaired) electrons. The maximum atomic E-state index is 5.12. The van der Waals surface area contributed by atoms with Crippen LogP contribution in [0.15, 0.2) is 346 Å². The molecule has 4 aliphatic rings. The Morgan fingerprint density at radius 3 is 0.957 bits per heavy atom. The van der Waals surface area contributed by atoms with Crippen molar-refractivity contribution in [2.24, 2.45) is 0 Å². The summed E-state index contributed by atoms with van der Waals surface area (Å²) >= 11 is 0. The summed E-state index contributed by atoms with van der Waals surface area (Å²) in [6.07, 6.45) is 1.91. The Labute approximate surface area is 537 Å². The number of aromatic nitrogens is 1. The van der Waals surface area contributed by atoms with Gasteiger partial charge in [0.15, 0.2) is 0 Å². The van der Waals surface area contributed by atoms with Crippen molar-refractivity contribution in [2.45, 2.75) is 0 Å². The van der Waals surface area contributed by atoms with Gasteiger partial charge in [-0.3, -0.25) is 4.98 Å². The van der Waals surface area contributed by atoms with E-state index in [1.54, 1.807) is 0 Å². The van der Waals surface area contributed by atoms with E-state index in [0.717, 1.165) is 114 Å². The maximum absolute atomic E-state index is 5.12. The van der Waals surface area contributed by atoms with Gasteiger partial charge in [-0.15, -0.1) is 0 Å². The number of rotatable bonds is 11. The van der Waals surface area contributed by atoms with Crippen LogP contribution in [-0.2, 0) is 0 Å². The standard InChI is InChI=1S/C83H57B2N7/c1-8-30-58(31-9-1)87(59-32-10-2-11-33-59)65-52-78-82-80(54-65)91(64-42-20-7-21-43-64)76-57-77-71(56-70(76)84(82)68-45-23-26-49-74(68)89(78)62-38-16-5-17-39-62)85-69-46-24-27-50-75(69)90(63-40-18-6-19-41-63)79-53-66(88(60-34-12-3-13-35-60)61-36-14-4-15-37-61)55-81(83(79)85)92(77)73-48-25-22-44-67(73)72-47-28-29-51-86-72/h1-57H. The Morgan fingerprint density at radius 2 is 0.554 bits per heavy atom. The summed E-state index contributed by atoms with van der Waals surface area (Å²) in [5.74, 6) is 0. The molecule has 0 saturated heterocycles. The highest BCUT2D eigenvalue weighted by Gasteiger charge is 2.49. The molecular formula is C83H57B2N7. The van der Waals surface area contributed by atoms with Crippen molar-refractivity contribution in [1.29, 1.82) is 0 Å². The molecule has 14 aromatic rings. The summed E-state index contributed by atoms with van der Waals surface area (Å²) in [6.45, 7) is -0.390. The molecule has 4 aliphatic heterocycles. The van der Waals surface area contributed by atoms with E-state index in [-0.39, 0.29) is 13.4 Å². The predicted molar refractivity (Wildman–Crippen MR) is 387 cm³/mol. The van der Waals surface area contributed by atoms with Crippen LogP contribution in [0.1, 0.15) is 0 Å². The molecule has 0 aliphatic carbocycles. The first-order valence-corrected chi connectivity index (χ1v) is 31.6. The third kappa shape index (κ3) is 8.50. The molecule has 0 fully saturated rings. The summed E-state index contributed by atoms with van der Waals surface area (Å²) in [7, 11) is 0. The van der Waals surface area contributed by atoms with E-state index in [1.807, 2.05) is 12.3 Å². The van der Waals surface area contributed by atoms with Gasteiger partial charge in [0, 0.05) is 97.1 Å². The van der Waals surface area contributed by atoms with Gasteiger partial charge in [-0.2, -0.15) is 0 Å². The van der Waals surface area contributed by atoms with E-state index in [0.29, 0.717) is 0 Å². The van der Waals surface area contributed by atoms with Gasteiger partial charge in [-0.1, -0.05) is 194 Å². The monoisotopic (exact) mass is 1170 g/mol. The molecular weight excluding hydrogens is 1120 g/mol. The van der Waals surface area contributed by atoms with Gasteiger partial charge < -0.3 is 29.4 Å². The van der Waals surface area contributed by atoms with E-state index >= 15 is 0 Å². The Bertz CT molecular complexity index is 5010. The lowest BCUT2D eigenvalue weighted by Gasteiger charge is -2.48. The van der Waals surface area contributed by atoms with Crippen LogP contribution < -0.4 is 62.2 Å². The van der Waals surface area contributed by atoms with Crippen LogP contribution in [0.3, 0.4) is 0 Å². The van der Waals surface area contributed by atoms with Crippen LogP contribution in [0.4, 0.5) is 102 Å². The molecule has 0 atom stereocenters. The van der Waals surface area contributed by atoms with Crippen LogP contribution >= 0.6 is 0 Å². The Hall–Kier alpha value is -12.1. The number of nitrogens with zero attached hydrogens (tertiary/aromatic N) is 7. The first-order chi connectivity index (χ1) is 45.7. The van der Waals surface area contributed by atoms with Gasteiger partial charge in [0.05, 0.1) is 22.8 Å². The molecule has 0 amide bonds. The lowest BCUT2D eigenvalue weighted by Crippen LogP contribution is -2.65. The van der Waals surface area contributed by atoms with Gasteiger partial charge in [0.25, 0.3) is 13.4 Å². The third-order valence-electron chi connectivity index (χ3n) is 18.7. The molecule has 0 spiro atoms. The average molecular weight is 1170 g/mol. The fourth-order valence-corrected chi connectivity index (χ4v) is 15.1. The molecule has 0 saturated carbocycles. The fourth-order valence-electron chi connectivity index (χ4n) is 15.1. The Balaban J connectivity index is 0.985. The maximum Gasteiger partial charge on any atom is 0.252 e. The first-order valence-electron chi connectivity index (χ1n) is 31.6. The van der Waals surface area contributed by atoms with Crippen molar-refractivity contribution in [3.05, 3.63) is 346 Å². The molecule has 0 bridgehead atoms. The van der Waals surface area contributed by atoms with Crippen LogP contribution in [0, 0.1) is 0 Å². The number of hydrogen-bond acceptors (Lipinski definition) is 7. The van der Waals surface area contributed by atoms with Crippen molar-refractivity contribution in [3.8, 4) is 11.3 Å². The predicted octanol–water partition coefficient (Wildman–Crippen LogP) is 17.9. The van der Waals surface area contributed by atoms with E-state index in [4.69, 9.17) is 4.98 Å². The second-order valence-electron chi connectivity index (χ2n) is 23.8. The number of anilines is 18. The van der Waals surface area contributed by atoms with Crippen LogP contribution in [0.5, 0.6) is 0 Å². The van der Waals surface area contributed by atoms with E-state index in [1.165, 1.54) is 32.8 Å². The SMILES string of the molecule is c1ccc(N(c2ccccc2)c2cc3c4c(c2)N(c2ccccc2)c2cc5c(cc2B4c2ccccc2N3c2ccccc2)B2c3ccccc3N(c3ccccc3)c3cc(N(c4ccccc4)c4ccccc4)cc(c32)N5c2ccccc2-c2ccccn2)cc1. The van der Waals surface area contributed by atoms with Gasteiger partial charge in [-0.05, 0) is 178 Å². The molecule has 13 aromatic carbocycles. The molecule has 5 heterocycles. The van der Waals surface area contributed by atoms with Gasteiger partial charge in [0.2, 0.25) is 0 Å². The van der Waals surface area contributed by atoms with E-state index < -0.39 is 0 Å². The lowest BCUT2D eigenvalue weighted by molar-refractivity contribution is 1.21. The number of benzene rings is 13. The second kappa shape index (κ2) is 21.9. The van der Waals surface area contributed by atoms with Crippen LogP contribution in [0.2, 0.25) is 0 Å². The Kier molecular flexibility index (Phi) is 12.6. The topological polar surface area (TPSA) is 32.3 Å². The quantitative estimate of drug-likeness (QED) is 0.119. The number of pyridine rings is 1. The summed E-state index contributed by atoms with van der Waals surface area (Å²) in [5.41, 5.74) is 28.8. The smallest absolute Gasteiger partial charge is 0.252 e. The van der Waals surface area contributed by atoms with Gasteiger partial charge >= 0.3 is 0 Å². The molecule has 92 heavy (non-hydrogen) atoms. The average Bonchev–Trinajstić information content (AvgIpc) is 0.688. The Morgan fingerprint density at radius 1 is 0.228 bits per heavy atom. The van der Waals surface area contributed by atoms with Crippen molar-refractivity contribution in [2.75, 3.05) is 29.4 Å². The first kappa shape index (κ1) is 53.0. The molecule has 18 rings (SSSR count). The normalized spacial score (nSPS) is 12.9. The minimum absolute atomic E-state index is 0.185. The summed E-state index contributed by atoms with van der Waals surface area (Å²) < 4.78 is 0. The number of fused-ring (bicyclic) bond motifs is 8. The highest BCUT2D eigenvalue weighted by Crippen LogP contribution is 2.53. The summed E-state index contributed by atoms with van der Waals surface area (Å²) in [6, 6.07) is 125. The third-order valence-corrected chi connectivity index (χ3v) is 18.7.